The molecule has 0 spiro atoms. The molecule has 1 aliphatic heterocycles. The maximum atomic E-state index is 11.9. The molecule has 1 atom stereocenters. The first-order chi connectivity index (χ1) is 11.1. The second-order valence-electron chi connectivity index (χ2n) is 5.63. The van der Waals surface area contributed by atoms with E-state index in [9.17, 15) is 14.6 Å². The van der Waals surface area contributed by atoms with Crippen LogP contribution in [0.15, 0.2) is 18.2 Å². The van der Waals surface area contributed by atoms with Gasteiger partial charge in [0.15, 0.2) is 0 Å². The van der Waals surface area contributed by atoms with Gasteiger partial charge in [-0.15, -0.1) is 0 Å². The smallest absolute Gasteiger partial charge is 0.534 e. The minimum Gasteiger partial charge on any atom is -0.534 e. The van der Waals surface area contributed by atoms with E-state index in [0.29, 0.717) is 18.6 Å². The maximum absolute atomic E-state index is 11.9. The number of rotatable bonds is 6. The molecule has 7 heteroatoms. The topological polar surface area (TPSA) is 84.9 Å². The lowest BCUT2D eigenvalue weighted by atomic mass is 9.72. The third kappa shape index (κ3) is 4.25. The molecule has 1 aliphatic rings. The summed E-state index contributed by atoms with van der Waals surface area (Å²) in [6.45, 7) is 2.08. The third-order valence-corrected chi connectivity index (χ3v) is 3.88. The van der Waals surface area contributed by atoms with Crippen molar-refractivity contribution in [3.05, 3.63) is 29.3 Å². The Morgan fingerprint density at radius 3 is 2.91 bits per heavy atom. The van der Waals surface area contributed by atoms with Crippen molar-refractivity contribution >= 4 is 19.0 Å². The second-order valence-corrected chi connectivity index (χ2v) is 5.63. The van der Waals surface area contributed by atoms with Crippen LogP contribution in [0.4, 0.5) is 0 Å². The summed E-state index contributed by atoms with van der Waals surface area (Å²) in [5.74, 6) is -0.817. The molecule has 0 fully saturated rings. The Morgan fingerprint density at radius 1 is 1.43 bits per heavy atom. The summed E-state index contributed by atoms with van der Waals surface area (Å²) in [5.41, 5.74) is 1.04. The van der Waals surface area contributed by atoms with Crippen LogP contribution in [0, 0.1) is 0 Å². The van der Waals surface area contributed by atoms with Gasteiger partial charge >= 0.3 is 13.1 Å². The van der Waals surface area contributed by atoms with Gasteiger partial charge in [-0.05, 0) is 24.5 Å². The number of unbranched alkanes of at least 4 members (excludes halogenated alkanes) is 2. The molecule has 1 amide bonds. The molecule has 0 aromatic heterocycles. The minimum absolute atomic E-state index is 0.0985. The number of ether oxygens (including phenoxy) is 1. The fraction of sp³-hybridized carbons (Fsp3) is 0.500. The van der Waals surface area contributed by atoms with Crippen LogP contribution >= 0.6 is 0 Å². The van der Waals surface area contributed by atoms with Gasteiger partial charge in [-0.3, -0.25) is 4.79 Å². The van der Waals surface area contributed by atoms with E-state index in [-0.39, 0.29) is 11.5 Å². The van der Waals surface area contributed by atoms with Gasteiger partial charge in [0.25, 0.3) is 0 Å². The lowest BCUT2D eigenvalue weighted by Crippen LogP contribution is -2.53. The highest BCUT2D eigenvalue weighted by Gasteiger charge is 2.37. The predicted octanol–water partition coefficient (Wildman–Crippen LogP) is 1.49. The van der Waals surface area contributed by atoms with Gasteiger partial charge in [-0.25, -0.2) is 4.79 Å². The molecule has 6 nitrogen and oxygen atoms in total. The molecule has 0 saturated heterocycles. The van der Waals surface area contributed by atoms with Crippen molar-refractivity contribution in [2.75, 3.05) is 7.11 Å². The zero-order chi connectivity index (χ0) is 16.8. The van der Waals surface area contributed by atoms with Gasteiger partial charge < -0.3 is 19.7 Å². The first kappa shape index (κ1) is 17.3. The van der Waals surface area contributed by atoms with Crippen LogP contribution in [-0.4, -0.2) is 37.1 Å². The summed E-state index contributed by atoms with van der Waals surface area (Å²) in [5, 5.41) is 12.9. The van der Waals surface area contributed by atoms with Crippen LogP contribution in [0.1, 0.15) is 48.5 Å². The largest absolute Gasteiger partial charge is 0.547 e. The fourth-order valence-corrected chi connectivity index (χ4v) is 2.63. The van der Waals surface area contributed by atoms with E-state index in [1.54, 1.807) is 12.1 Å². The third-order valence-electron chi connectivity index (χ3n) is 3.88. The molecular formula is C16H22BNO5. The molecule has 0 unspecified atom stereocenters. The molecule has 0 aliphatic carbocycles. The standard InChI is InChI=1S/C16H22BNO5/c1-3-4-5-9-14(19)18-13-10-11-7-6-8-12(16(20)22-2)15(11)23-17(13)21/h6-8,13,21H,3-5,9-10H2,1-2H3,(H,18,19)/t13-/m0/s1. The lowest BCUT2D eigenvalue weighted by molar-refractivity contribution is -0.121. The number of carbonyl (C=O) groups excluding carboxylic acids is 2. The van der Waals surface area contributed by atoms with E-state index < -0.39 is 19.0 Å². The molecular weight excluding hydrogens is 297 g/mol. The first-order valence-corrected chi connectivity index (χ1v) is 7.91. The van der Waals surface area contributed by atoms with Crippen molar-refractivity contribution in [2.45, 2.75) is 45.0 Å². The fourth-order valence-electron chi connectivity index (χ4n) is 2.63. The summed E-state index contributed by atoms with van der Waals surface area (Å²) in [4.78, 5) is 23.7. The Morgan fingerprint density at radius 2 is 2.22 bits per heavy atom. The molecule has 1 aromatic rings. The monoisotopic (exact) mass is 319 g/mol. The van der Waals surface area contributed by atoms with Gasteiger partial charge in [0, 0.05) is 6.42 Å². The highest BCUT2D eigenvalue weighted by atomic mass is 16.5. The Hall–Kier alpha value is -2.02. The second kappa shape index (κ2) is 8.01. The van der Waals surface area contributed by atoms with E-state index >= 15 is 0 Å². The van der Waals surface area contributed by atoms with Crippen molar-refractivity contribution in [3.63, 3.8) is 0 Å². The van der Waals surface area contributed by atoms with Crippen LogP contribution in [-0.2, 0) is 16.0 Å². The number of nitrogens with one attached hydrogen (secondary N) is 1. The number of benzene rings is 1. The average Bonchev–Trinajstić information content (AvgIpc) is 2.54. The number of methoxy groups -OCH3 is 1. The van der Waals surface area contributed by atoms with Crippen LogP contribution in [0.2, 0.25) is 0 Å². The van der Waals surface area contributed by atoms with Gasteiger partial charge in [0.1, 0.15) is 11.3 Å². The molecule has 0 saturated carbocycles. The zero-order valence-corrected chi connectivity index (χ0v) is 13.5. The highest BCUT2D eigenvalue weighted by Crippen LogP contribution is 2.30. The van der Waals surface area contributed by atoms with E-state index in [0.717, 1.165) is 24.8 Å². The van der Waals surface area contributed by atoms with E-state index in [1.165, 1.54) is 7.11 Å². The summed E-state index contributed by atoms with van der Waals surface area (Å²) < 4.78 is 10.2. The van der Waals surface area contributed by atoms with Crippen LogP contribution in [0.5, 0.6) is 5.75 Å². The average molecular weight is 319 g/mol. The van der Waals surface area contributed by atoms with E-state index in [4.69, 9.17) is 9.39 Å². The van der Waals surface area contributed by atoms with Crippen molar-refractivity contribution in [1.82, 2.24) is 5.32 Å². The van der Waals surface area contributed by atoms with Gasteiger partial charge in [-0.1, -0.05) is 31.9 Å². The van der Waals surface area contributed by atoms with Crippen LogP contribution in [0.25, 0.3) is 0 Å². The number of hydrogen-bond acceptors (Lipinski definition) is 5. The number of esters is 1. The highest BCUT2D eigenvalue weighted by molar-refractivity contribution is 6.47. The van der Waals surface area contributed by atoms with Crippen LogP contribution in [0.3, 0.4) is 0 Å². The number of carbonyl (C=O) groups is 2. The summed E-state index contributed by atoms with van der Waals surface area (Å²) >= 11 is 0. The molecule has 124 valence electrons. The van der Waals surface area contributed by atoms with Crippen molar-refractivity contribution in [3.8, 4) is 5.75 Å². The summed E-state index contributed by atoms with van der Waals surface area (Å²) in [6, 6.07) is 5.12. The van der Waals surface area contributed by atoms with Gasteiger partial charge in [0.2, 0.25) is 5.91 Å². The molecule has 0 radical (unpaired) electrons. The number of fused-ring (bicyclic) bond motifs is 1. The maximum Gasteiger partial charge on any atom is 0.547 e. The van der Waals surface area contributed by atoms with Crippen molar-refractivity contribution in [2.24, 2.45) is 0 Å². The molecule has 1 heterocycles. The lowest BCUT2D eigenvalue weighted by Gasteiger charge is -2.29. The Kier molecular flexibility index (Phi) is 6.04. The number of para-hydroxylation sites is 1. The first-order valence-electron chi connectivity index (χ1n) is 7.91. The van der Waals surface area contributed by atoms with Crippen LogP contribution < -0.4 is 9.97 Å². The molecule has 1 aromatic carbocycles. The normalized spacial score (nSPS) is 16.3. The summed E-state index contributed by atoms with van der Waals surface area (Å²) in [6.07, 6.45) is 3.72. The Labute approximate surface area is 136 Å². The molecule has 23 heavy (non-hydrogen) atoms. The molecule has 2 N–H and O–H groups in total. The quantitative estimate of drug-likeness (QED) is 0.471. The number of hydrogen-bond donors (Lipinski definition) is 2. The van der Waals surface area contributed by atoms with E-state index in [2.05, 4.69) is 12.2 Å². The SMILES string of the molecule is CCCCCC(=O)N[C@H]1Cc2cccc(C(=O)OC)c2OB1O. The van der Waals surface area contributed by atoms with Crippen molar-refractivity contribution < 1.29 is 24.0 Å². The molecule has 0 bridgehead atoms. The van der Waals surface area contributed by atoms with Crippen molar-refractivity contribution in [1.29, 1.82) is 0 Å². The Balaban J connectivity index is 2.06. The zero-order valence-electron chi connectivity index (χ0n) is 13.5. The van der Waals surface area contributed by atoms with Gasteiger partial charge in [-0.2, -0.15) is 0 Å². The van der Waals surface area contributed by atoms with E-state index in [1.807, 2.05) is 6.07 Å². The minimum atomic E-state index is -1.19. The Bertz CT molecular complexity index is 578. The number of amides is 1. The van der Waals surface area contributed by atoms with Gasteiger partial charge in [0.05, 0.1) is 13.1 Å². The summed E-state index contributed by atoms with van der Waals surface area (Å²) in [7, 11) is 0.101. The molecule has 2 rings (SSSR count). The predicted molar refractivity (Wildman–Crippen MR) is 86.2 cm³/mol.